The Morgan fingerprint density at radius 2 is 2.31 bits per heavy atom. The summed E-state index contributed by atoms with van der Waals surface area (Å²) in [5.41, 5.74) is 0.622. The standard InChI is InChI=1S/C17H18FN5OS2/c1-11-20-23(17(25)26-11)10-22-7-3-5-13(9-22)16-19-15(21-24-16)12-4-2-6-14(18)8-12/h2,4,6,8,13H,3,5,7,9-10H2,1H3. The Hall–Kier alpha value is -1.97. The van der Waals surface area contributed by atoms with Gasteiger partial charge in [-0.1, -0.05) is 28.6 Å². The normalized spacial score (nSPS) is 18.3. The van der Waals surface area contributed by atoms with E-state index in [-0.39, 0.29) is 11.7 Å². The first-order valence-corrected chi connectivity index (χ1v) is 9.67. The van der Waals surface area contributed by atoms with Gasteiger partial charge in [0.1, 0.15) is 10.8 Å². The largest absolute Gasteiger partial charge is 0.339 e. The van der Waals surface area contributed by atoms with Gasteiger partial charge in [0.05, 0.1) is 12.6 Å². The van der Waals surface area contributed by atoms with Crippen molar-refractivity contribution in [2.75, 3.05) is 13.1 Å². The zero-order chi connectivity index (χ0) is 18.1. The molecule has 26 heavy (non-hydrogen) atoms. The molecule has 0 saturated carbocycles. The molecule has 3 aromatic rings. The van der Waals surface area contributed by atoms with Crippen molar-refractivity contribution in [3.63, 3.8) is 0 Å². The van der Waals surface area contributed by atoms with Crippen molar-refractivity contribution in [1.29, 1.82) is 0 Å². The first-order chi connectivity index (χ1) is 12.6. The lowest BCUT2D eigenvalue weighted by Gasteiger charge is -2.30. The molecule has 0 spiro atoms. The van der Waals surface area contributed by atoms with Crippen molar-refractivity contribution in [3.05, 3.63) is 44.9 Å². The molecule has 1 aliphatic heterocycles. The summed E-state index contributed by atoms with van der Waals surface area (Å²) in [5, 5.41) is 9.45. The summed E-state index contributed by atoms with van der Waals surface area (Å²) >= 11 is 6.88. The summed E-state index contributed by atoms with van der Waals surface area (Å²) in [4.78, 5) is 6.80. The zero-order valence-electron chi connectivity index (χ0n) is 14.3. The number of aryl methyl sites for hydroxylation is 1. The van der Waals surface area contributed by atoms with Gasteiger partial charge in [-0.2, -0.15) is 10.1 Å². The van der Waals surface area contributed by atoms with E-state index in [4.69, 9.17) is 16.7 Å². The van der Waals surface area contributed by atoms with Crippen LogP contribution >= 0.6 is 23.6 Å². The van der Waals surface area contributed by atoms with Crippen LogP contribution in [-0.2, 0) is 6.67 Å². The van der Waals surface area contributed by atoms with Crippen LogP contribution in [0.1, 0.15) is 29.7 Å². The lowest BCUT2D eigenvalue weighted by Crippen LogP contribution is -2.36. The summed E-state index contributed by atoms with van der Waals surface area (Å²) in [5.74, 6) is 0.876. The van der Waals surface area contributed by atoms with E-state index in [2.05, 4.69) is 20.1 Å². The fraction of sp³-hybridized carbons (Fsp3) is 0.412. The summed E-state index contributed by atoms with van der Waals surface area (Å²) in [6, 6.07) is 6.22. The molecule has 1 fully saturated rings. The Balaban J connectivity index is 1.48. The van der Waals surface area contributed by atoms with E-state index >= 15 is 0 Å². The fourth-order valence-electron chi connectivity index (χ4n) is 3.22. The van der Waals surface area contributed by atoms with Gasteiger partial charge in [0.15, 0.2) is 3.95 Å². The smallest absolute Gasteiger partial charge is 0.231 e. The molecule has 1 aliphatic rings. The van der Waals surface area contributed by atoms with Crippen LogP contribution in [0.2, 0.25) is 0 Å². The Morgan fingerprint density at radius 1 is 1.42 bits per heavy atom. The topological polar surface area (TPSA) is 60.0 Å². The number of benzene rings is 1. The molecule has 0 bridgehead atoms. The quantitative estimate of drug-likeness (QED) is 0.627. The van der Waals surface area contributed by atoms with Crippen LogP contribution < -0.4 is 0 Å². The number of hydrogen-bond acceptors (Lipinski definition) is 7. The van der Waals surface area contributed by atoms with Crippen molar-refractivity contribution in [1.82, 2.24) is 24.8 Å². The molecule has 0 radical (unpaired) electrons. The molecule has 4 rings (SSSR count). The van der Waals surface area contributed by atoms with Crippen molar-refractivity contribution in [3.8, 4) is 11.4 Å². The third-order valence-corrected chi connectivity index (χ3v) is 5.64. The predicted octanol–water partition coefficient (Wildman–Crippen LogP) is 4.01. The number of aromatic nitrogens is 4. The van der Waals surface area contributed by atoms with Crippen LogP contribution in [0.15, 0.2) is 28.8 Å². The highest BCUT2D eigenvalue weighted by molar-refractivity contribution is 7.73. The van der Waals surface area contributed by atoms with Crippen molar-refractivity contribution in [2.45, 2.75) is 32.4 Å². The van der Waals surface area contributed by atoms with Gasteiger partial charge < -0.3 is 4.52 Å². The first-order valence-electron chi connectivity index (χ1n) is 8.45. The molecule has 1 saturated heterocycles. The summed E-state index contributed by atoms with van der Waals surface area (Å²) < 4.78 is 21.5. The van der Waals surface area contributed by atoms with Crippen LogP contribution in [0.25, 0.3) is 11.4 Å². The highest BCUT2D eigenvalue weighted by Gasteiger charge is 2.26. The molecule has 0 N–H and O–H groups in total. The highest BCUT2D eigenvalue weighted by Crippen LogP contribution is 2.28. The van der Waals surface area contributed by atoms with E-state index in [0.29, 0.717) is 23.9 Å². The van der Waals surface area contributed by atoms with Gasteiger partial charge in [0.25, 0.3) is 0 Å². The second kappa shape index (κ2) is 7.34. The maximum absolute atomic E-state index is 13.4. The van der Waals surface area contributed by atoms with Crippen LogP contribution in [0, 0.1) is 16.7 Å². The zero-order valence-corrected chi connectivity index (χ0v) is 15.9. The van der Waals surface area contributed by atoms with E-state index in [1.165, 1.54) is 23.5 Å². The van der Waals surface area contributed by atoms with E-state index in [1.807, 2.05) is 11.6 Å². The van der Waals surface area contributed by atoms with Gasteiger partial charge >= 0.3 is 0 Å². The SMILES string of the molecule is Cc1nn(CN2CCCC(c3nc(-c4cccc(F)c4)no3)C2)c(=S)s1. The third-order valence-electron chi connectivity index (χ3n) is 4.42. The fourth-order valence-corrected chi connectivity index (χ4v) is 4.28. The monoisotopic (exact) mass is 391 g/mol. The Bertz CT molecular complexity index is 966. The van der Waals surface area contributed by atoms with Gasteiger partial charge in [-0.25, -0.2) is 9.07 Å². The van der Waals surface area contributed by atoms with E-state index in [0.717, 1.165) is 34.9 Å². The maximum atomic E-state index is 13.4. The van der Waals surface area contributed by atoms with Gasteiger partial charge in [0.2, 0.25) is 11.7 Å². The lowest BCUT2D eigenvalue weighted by molar-refractivity contribution is 0.144. The predicted molar refractivity (Wildman–Crippen MR) is 98.9 cm³/mol. The number of rotatable bonds is 4. The molecule has 9 heteroatoms. The van der Waals surface area contributed by atoms with E-state index in [9.17, 15) is 4.39 Å². The minimum atomic E-state index is -0.312. The molecule has 1 aromatic carbocycles. The van der Waals surface area contributed by atoms with Crippen molar-refractivity contribution >= 4 is 23.6 Å². The second-order valence-electron chi connectivity index (χ2n) is 6.41. The molecule has 3 heterocycles. The van der Waals surface area contributed by atoms with Crippen molar-refractivity contribution < 1.29 is 8.91 Å². The molecule has 1 atom stereocenters. The van der Waals surface area contributed by atoms with Crippen molar-refractivity contribution in [2.24, 2.45) is 0 Å². The average molecular weight is 391 g/mol. The van der Waals surface area contributed by atoms with Crippen LogP contribution in [0.3, 0.4) is 0 Å². The number of hydrogen-bond donors (Lipinski definition) is 0. The van der Waals surface area contributed by atoms with Gasteiger partial charge in [-0.05, 0) is 50.7 Å². The molecular formula is C17H18FN5OS2. The van der Waals surface area contributed by atoms with Crippen LogP contribution in [0.5, 0.6) is 0 Å². The molecule has 1 unspecified atom stereocenters. The number of nitrogens with zero attached hydrogens (tertiary/aromatic N) is 5. The molecule has 0 amide bonds. The molecule has 136 valence electrons. The summed E-state index contributed by atoms with van der Waals surface area (Å²) in [7, 11) is 0. The molecular weight excluding hydrogens is 373 g/mol. The Morgan fingerprint density at radius 3 is 3.08 bits per heavy atom. The maximum Gasteiger partial charge on any atom is 0.231 e. The average Bonchev–Trinajstić information content (AvgIpc) is 3.22. The van der Waals surface area contributed by atoms with E-state index < -0.39 is 0 Å². The minimum absolute atomic E-state index is 0.160. The highest BCUT2D eigenvalue weighted by atomic mass is 32.1. The van der Waals surface area contributed by atoms with Crippen LogP contribution in [-0.4, -0.2) is 37.9 Å². The number of halogens is 1. The number of likely N-dealkylation sites (tertiary alicyclic amines) is 1. The van der Waals surface area contributed by atoms with E-state index in [1.54, 1.807) is 12.1 Å². The van der Waals surface area contributed by atoms with Gasteiger partial charge in [0, 0.05) is 12.1 Å². The van der Waals surface area contributed by atoms with Gasteiger partial charge in [-0.3, -0.25) is 4.90 Å². The van der Waals surface area contributed by atoms with Crippen LogP contribution in [0.4, 0.5) is 4.39 Å². The number of piperidine rings is 1. The lowest BCUT2D eigenvalue weighted by atomic mass is 9.98. The molecule has 0 aliphatic carbocycles. The third kappa shape index (κ3) is 3.74. The first kappa shape index (κ1) is 17.4. The Labute approximate surface area is 159 Å². The molecule has 6 nitrogen and oxygen atoms in total. The second-order valence-corrected chi connectivity index (χ2v) is 8.24. The summed E-state index contributed by atoms with van der Waals surface area (Å²) in [6.45, 7) is 4.43. The summed E-state index contributed by atoms with van der Waals surface area (Å²) in [6.07, 6.45) is 2.03. The Kier molecular flexibility index (Phi) is 4.92. The minimum Gasteiger partial charge on any atom is -0.339 e. The van der Waals surface area contributed by atoms with Gasteiger partial charge in [-0.15, -0.1) is 0 Å². The molecule has 2 aromatic heterocycles.